The first-order valence-corrected chi connectivity index (χ1v) is 15.0. The molecule has 2 amide bonds. The summed E-state index contributed by atoms with van der Waals surface area (Å²) < 4.78 is 27.3. The highest BCUT2D eigenvalue weighted by molar-refractivity contribution is 9.10. The fourth-order valence-electron chi connectivity index (χ4n) is 4.15. The van der Waals surface area contributed by atoms with Gasteiger partial charge >= 0.3 is 0 Å². The molecule has 0 unspecified atom stereocenters. The van der Waals surface area contributed by atoms with Gasteiger partial charge in [0.25, 0.3) is 0 Å². The predicted octanol–water partition coefficient (Wildman–Crippen LogP) is 4.69. The summed E-state index contributed by atoms with van der Waals surface area (Å²) >= 11 is 3.41. The molecule has 202 valence electrons. The monoisotopic (exact) mass is 599 g/mol. The van der Waals surface area contributed by atoms with E-state index < -0.39 is 28.5 Å². The molecule has 38 heavy (non-hydrogen) atoms. The number of nitrogens with one attached hydrogen (secondary N) is 1. The third-order valence-electron chi connectivity index (χ3n) is 6.10. The lowest BCUT2D eigenvalue weighted by atomic mass is 10.0. The third-order valence-corrected chi connectivity index (χ3v) is 7.90. The van der Waals surface area contributed by atoms with Crippen LogP contribution < -0.4 is 9.62 Å². The lowest BCUT2D eigenvalue weighted by molar-refractivity contribution is -0.140. The molecular formula is C29H34BrN3O4S. The molecule has 7 nitrogen and oxygen atoms in total. The summed E-state index contributed by atoms with van der Waals surface area (Å²) in [6, 6.07) is 23.0. The van der Waals surface area contributed by atoms with Gasteiger partial charge in [-0.1, -0.05) is 66.7 Å². The van der Waals surface area contributed by atoms with Crippen molar-refractivity contribution < 1.29 is 18.0 Å². The Balaban J connectivity index is 2.08. The smallest absolute Gasteiger partial charge is 0.244 e. The van der Waals surface area contributed by atoms with Crippen LogP contribution >= 0.6 is 15.9 Å². The van der Waals surface area contributed by atoms with Gasteiger partial charge in [0.05, 0.1) is 11.9 Å². The molecular weight excluding hydrogens is 566 g/mol. The minimum atomic E-state index is -3.82. The van der Waals surface area contributed by atoms with Gasteiger partial charge in [-0.05, 0) is 65.5 Å². The summed E-state index contributed by atoms with van der Waals surface area (Å²) in [5, 5.41) is 2.95. The zero-order chi connectivity index (χ0) is 27.9. The maximum atomic E-state index is 14.0. The second-order valence-electron chi connectivity index (χ2n) is 9.54. The fourth-order valence-corrected chi connectivity index (χ4v) is 5.63. The molecule has 3 rings (SSSR count). The molecule has 0 aromatic heterocycles. The molecule has 0 radical (unpaired) electrons. The highest BCUT2D eigenvalue weighted by Crippen LogP contribution is 2.28. The van der Waals surface area contributed by atoms with Crippen LogP contribution in [0.25, 0.3) is 0 Å². The van der Waals surface area contributed by atoms with Gasteiger partial charge in [-0.3, -0.25) is 13.9 Å². The van der Waals surface area contributed by atoms with E-state index >= 15 is 0 Å². The lowest BCUT2D eigenvalue weighted by Crippen LogP contribution is -2.54. The van der Waals surface area contributed by atoms with Gasteiger partial charge in [-0.2, -0.15) is 0 Å². The molecule has 0 saturated heterocycles. The normalized spacial score (nSPS) is 12.2. The number of amides is 2. The highest BCUT2D eigenvalue weighted by Gasteiger charge is 2.33. The van der Waals surface area contributed by atoms with Crippen molar-refractivity contribution in [1.82, 2.24) is 10.2 Å². The number of carbonyl (C=O) groups is 2. The first-order chi connectivity index (χ1) is 18.0. The summed E-state index contributed by atoms with van der Waals surface area (Å²) in [4.78, 5) is 29.1. The molecule has 0 saturated carbocycles. The third kappa shape index (κ3) is 7.91. The lowest BCUT2D eigenvalue weighted by Gasteiger charge is -2.34. The molecule has 1 N–H and O–H groups in total. The molecule has 0 heterocycles. The molecule has 3 aromatic carbocycles. The number of rotatable bonds is 11. The highest BCUT2D eigenvalue weighted by atomic mass is 79.9. The van der Waals surface area contributed by atoms with Crippen molar-refractivity contribution in [3.63, 3.8) is 0 Å². The van der Waals surface area contributed by atoms with Crippen molar-refractivity contribution in [3.05, 3.63) is 100 Å². The summed E-state index contributed by atoms with van der Waals surface area (Å²) in [5.74, 6) is -0.771. The molecule has 0 aliphatic heterocycles. The first kappa shape index (κ1) is 29.4. The molecule has 0 aliphatic carbocycles. The Bertz CT molecular complexity index is 1360. The number of anilines is 1. The number of halogens is 1. The van der Waals surface area contributed by atoms with Gasteiger partial charge in [-0.25, -0.2) is 8.42 Å². The number of hydrogen-bond donors (Lipinski definition) is 1. The van der Waals surface area contributed by atoms with Crippen LogP contribution in [-0.2, 0) is 32.6 Å². The van der Waals surface area contributed by atoms with Crippen LogP contribution in [0.3, 0.4) is 0 Å². The number of benzene rings is 3. The SMILES string of the molecule is Cc1ccccc1CN(C(=O)CN(c1ccccc1Br)S(C)(=O)=O)[C@H](Cc1ccccc1)C(=O)NC(C)C. The quantitative estimate of drug-likeness (QED) is 0.346. The van der Waals surface area contributed by atoms with Gasteiger partial charge in [0.15, 0.2) is 0 Å². The predicted molar refractivity (Wildman–Crippen MR) is 155 cm³/mol. The fraction of sp³-hybridized carbons (Fsp3) is 0.310. The summed E-state index contributed by atoms with van der Waals surface area (Å²) in [5.41, 5.74) is 3.09. The van der Waals surface area contributed by atoms with E-state index in [1.165, 1.54) is 4.90 Å². The Hall–Kier alpha value is -3.17. The summed E-state index contributed by atoms with van der Waals surface area (Å²) in [6.07, 6.45) is 1.35. The maximum Gasteiger partial charge on any atom is 0.244 e. The van der Waals surface area contributed by atoms with E-state index in [9.17, 15) is 18.0 Å². The second kappa shape index (κ2) is 13.1. The van der Waals surface area contributed by atoms with Crippen LogP contribution in [0.5, 0.6) is 0 Å². The number of nitrogens with zero attached hydrogens (tertiary/aromatic N) is 2. The maximum absolute atomic E-state index is 14.0. The topological polar surface area (TPSA) is 86.8 Å². The van der Waals surface area contributed by atoms with Crippen LogP contribution in [0.1, 0.15) is 30.5 Å². The van der Waals surface area contributed by atoms with E-state index in [1.54, 1.807) is 24.3 Å². The van der Waals surface area contributed by atoms with Gasteiger partial charge in [-0.15, -0.1) is 0 Å². The van der Waals surface area contributed by atoms with Crippen LogP contribution in [0.15, 0.2) is 83.3 Å². The number of aryl methyl sites for hydroxylation is 1. The second-order valence-corrected chi connectivity index (χ2v) is 12.3. The molecule has 9 heteroatoms. The standard InChI is InChI=1S/C29H34BrN3O4S/c1-21(2)31-29(35)27(18-23-13-6-5-7-14-23)32(19-24-15-9-8-12-22(24)3)28(34)20-33(38(4,36)37)26-17-11-10-16-25(26)30/h5-17,21,27H,18-20H2,1-4H3,(H,31,35)/t27-/m1/s1. The van der Waals surface area contributed by atoms with Gasteiger partial charge in [0, 0.05) is 23.5 Å². The van der Waals surface area contributed by atoms with Crippen molar-refractivity contribution in [2.45, 2.75) is 45.8 Å². The molecule has 1 atom stereocenters. The average Bonchev–Trinajstić information content (AvgIpc) is 2.85. The van der Waals surface area contributed by atoms with E-state index in [4.69, 9.17) is 0 Å². The van der Waals surface area contributed by atoms with Gasteiger partial charge in [0.2, 0.25) is 21.8 Å². The van der Waals surface area contributed by atoms with Crippen LogP contribution in [0.4, 0.5) is 5.69 Å². The first-order valence-electron chi connectivity index (χ1n) is 12.4. The average molecular weight is 601 g/mol. The Kier molecular flexibility index (Phi) is 10.1. The molecule has 0 aliphatic rings. The van der Waals surface area contributed by atoms with E-state index in [-0.39, 0.29) is 24.9 Å². The minimum Gasteiger partial charge on any atom is -0.352 e. The Labute approximate surface area is 234 Å². The van der Waals surface area contributed by atoms with E-state index in [2.05, 4.69) is 21.2 Å². The van der Waals surface area contributed by atoms with E-state index in [1.807, 2.05) is 75.4 Å². The van der Waals surface area contributed by atoms with Gasteiger partial charge in [0.1, 0.15) is 12.6 Å². The zero-order valence-electron chi connectivity index (χ0n) is 22.1. The van der Waals surface area contributed by atoms with Gasteiger partial charge < -0.3 is 10.2 Å². The summed E-state index contributed by atoms with van der Waals surface area (Å²) in [7, 11) is -3.82. The number of sulfonamides is 1. The van der Waals surface area contributed by atoms with Crippen molar-refractivity contribution in [2.75, 3.05) is 17.1 Å². The Morgan fingerprint density at radius 1 is 0.921 bits per heavy atom. The molecule has 0 fully saturated rings. The van der Waals surface area contributed by atoms with Crippen LogP contribution in [-0.4, -0.2) is 50.0 Å². The number of hydrogen-bond acceptors (Lipinski definition) is 4. The molecule has 0 bridgehead atoms. The zero-order valence-corrected chi connectivity index (χ0v) is 24.5. The number of para-hydroxylation sites is 1. The number of carbonyl (C=O) groups excluding carboxylic acids is 2. The molecule has 0 spiro atoms. The molecule has 3 aromatic rings. The largest absolute Gasteiger partial charge is 0.352 e. The minimum absolute atomic E-state index is 0.135. The summed E-state index contributed by atoms with van der Waals surface area (Å²) in [6.45, 7) is 5.38. The van der Waals surface area contributed by atoms with Crippen LogP contribution in [0, 0.1) is 6.92 Å². The van der Waals surface area contributed by atoms with Crippen molar-refractivity contribution in [3.8, 4) is 0 Å². The van der Waals surface area contributed by atoms with Crippen molar-refractivity contribution >= 4 is 43.5 Å². The Morgan fingerprint density at radius 3 is 2.13 bits per heavy atom. The Morgan fingerprint density at radius 2 is 1.53 bits per heavy atom. The van der Waals surface area contributed by atoms with E-state index in [0.29, 0.717) is 10.2 Å². The van der Waals surface area contributed by atoms with Crippen LogP contribution in [0.2, 0.25) is 0 Å². The van der Waals surface area contributed by atoms with Crippen molar-refractivity contribution in [2.24, 2.45) is 0 Å². The van der Waals surface area contributed by atoms with E-state index in [0.717, 1.165) is 27.3 Å². The van der Waals surface area contributed by atoms with Crippen molar-refractivity contribution in [1.29, 1.82) is 0 Å².